The maximum atomic E-state index is 13.4. The van der Waals surface area contributed by atoms with Gasteiger partial charge in [-0.3, -0.25) is 9.69 Å². The van der Waals surface area contributed by atoms with Gasteiger partial charge in [-0.25, -0.2) is 0 Å². The fraction of sp³-hybridized carbons (Fsp3) is 0.519. The van der Waals surface area contributed by atoms with Crippen LogP contribution in [0.5, 0.6) is 5.75 Å². The second-order valence-electron chi connectivity index (χ2n) is 9.45. The zero-order valence-electron chi connectivity index (χ0n) is 20.1. The molecule has 7 heteroatoms. The van der Waals surface area contributed by atoms with E-state index in [1.807, 2.05) is 12.1 Å². The van der Waals surface area contributed by atoms with Crippen LogP contribution in [-0.2, 0) is 16.0 Å². The van der Waals surface area contributed by atoms with E-state index in [-0.39, 0.29) is 17.9 Å². The van der Waals surface area contributed by atoms with Crippen LogP contribution in [0.15, 0.2) is 48.5 Å². The molecule has 3 aliphatic heterocycles. The normalized spacial score (nSPS) is 22.6. The molecule has 0 spiro atoms. The Hall–Kier alpha value is -2.77. The maximum Gasteiger partial charge on any atom is 0.225 e. The number of nitrogens with one attached hydrogen (secondary N) is 1. The van der Waals surface area contributed by atoms with Gasteiger partial charge in [0.1, 0.15) is 5.75 Å². The molecule has 5 rings (SSSR count). The van der Waals surface area contributed by atoms with Crippen LogP contribution >= 0.6 is 0 Å². The summed E-state index contributed by atoms with van der Waals surface area (Å²) >= 11 is 0. The van der Waals surface area contributed by atoms with Gasteiger partial charge in [0.2, 0.25) is 5.91 Å². The number of nitrogens with zero attached hydrogens (tertiary/aromatic N) is 3. The number of amides is 1. The summed E-state index contributed by atoms with van der Waals surface area (Å²) in [7, 11) is 1.70. The highest BCUT2D eigenvalue weighted by Crippen LogP contribution is 2.37. The van der Waals surface area contributed by atoms with Crippen LogP contribution in [0.2, 0.25) is 0 Å². The zero-order chi connectivity index (χ0) is 23.3. The van der Waals surface area contributed by atoms with Gasteiger partial charge in [-0.1, -0.05) is 24.3 Å². The number of piperazine rings is 1. The third kappa shape index (κ3) is 5.00. The van der Waals surface area contributed by atoms with E-state index < -0.39 is 0 Å². The molecule has 2 saturated heterocycles. The molecule has 2 fully saturated rings. The van der Waals surface area contributed by atoms with Crippen molar-refractivity contribution in [1.29, 1.82) is 0 Å². The fourth-order valence-corrected chi connectivity index (χ4v) is 5.57. The summed E-state index contributed by atoms with van der Waals surface area (Å²) in [6, 6.07) is 17.0. The molecule has 0 aromatic heterocycles. The van der Waals surface area contributed by atoms with Crippen LogP contribution in [0, 0.1) is 5.92 Å². The van der Waals surface area contributed by atoms with Crippen molar-refractivity contribution in [3.63, 3.8) is 0 Å². The van der Waals surface area contributed by atoms with Crippen molar-refractivity contribution in [2.24, 2.45) is 5.92 Å². The summed E-state index contributed by atoms with van der Waals surface area (Å²) in [5, 5.41) is 3.27. The second-order valence-corrected chi connectivity index (χ2v) is 9.45. The highest BCUT2D eigenvalue weighted by atomic mass is 16.5. The summed E-state index contributed by atoms with van der Waals surface area (Å²) in [5.41, 5.74) is 3.72. The highest BCUT2D eigenvalue weighted by Gasteiger charge is 2.41. The zero-order valence-corrected chi connectivity index (χ0v) is 20.1. The molecule has 0 radical (unpaired) electrons. The molecular weight excluding hydrogens is 428 g/mol. The number of methoxy groups -OCH3 is 1. The minimum Gasteiger partial charge on any atom is -0.497 e. The van der Waals surface area contributed by atoms with E-state index in [1.54, 1.807) is 7.11 Å². The van der Waals surface area contributed by atoms with E-state index in [0.29, 0.717) is 0 Å². The van der Waals surface area contributed by atoms with Gasteiger partial charge in [-0.05, 0) is 43.1 Å². The Kier molecular flexibility index (Phi) is 7.21. The number of benzene rings is 2. The summed E-state index contributed by atoms with van der Waals surface area (Å²) in [6.45, 7) is 8.00. The first kappa shape index (κ1) is 23.0. The number of fused-ring (bicyclic) bond motifs is 3. The molecule has 2 aromatic rings. The van der Waals surface area contributed by atoms with Crippen molar-refractivity contribution >= 4 is 17.3 Å². The fourth-order valence-electron chi connectivity index (χ4n) is 5.57. The first-order valence-electron chi connectivity index (χ1n) is 12.5. The molecule has 1 N–H and O–H groups in total. The van der Waals surface area contributed by atoms with Crippen molar-refractivity contribution in [2.45, 2.75) is 18.9 Å². The number of anilines is 2. The highest BCUT2D eigenvalue weighted by molar-refractivity contribution is 5.82. The number of rotatable bonds is 7. The van der Waals surface area contributed by atoms with E-state index in [0.717, 1.165) is 83.3 Å². The minimum atomic E-state index is -0.0632. The van der Waals surface area contributed by atoms with Crippen LogP contribution in [0.4, 0.5) is 11.4 Å². The quantitative estimate of drug-likeness (QED) is 0.635. The molecule has 34 heavy (non-hydrogen) atoms. The molecule has 2 aromatic carbocycles. The van der Waals surface area contributed by atoms with E-state index in [9.17, 15) is 4.79 Å². The van der Waals surface area contributed by atoms with Gasteiger partial charge >= 0.3 is 0 Å². The smallest absolute Gasteiger partial charge is 0.225 e. The van der Waals surface area contributed by atoms with Gasteiger partial charge in [0.15, 0.2) is 0 Å². The molecule has 0 saturated carbocycles. The third-order valence-electron chi connectivity index (χ3n) is 7.43. The molecule has 182 valence electrons. The van der Waals surface area contributed by atoms with Gasteiger partial charge in [-0.15, -0.1) is 0 Å². The molecule has 1 amide bonds. The van der Waals surface area contributed by atoms with Gasteiger partial charge in [0, 0.05) is 56.7 Å². The maximum absolute atomic E-state index is 13.4. The average Bonchev–Trinajstić information content (AvgIpc) is 2.90. The predicted octanol–water partition coefficient (Wildman–Crippen LogP) is 2.40. The van der Waals surface area contributed by atoms with Crippen LogP contribution in [0.3, 0.4) is 0 Å². The number of para-hydroxylation sites is 1. The Labute approximate surface area is 202 Å². The molecule has 3 heterocycles. The topological polar surface area (TPSA) is 57.3 Å². The summed E-state index contributed by atoms with van der Waals surface area (Å²) < 4.78 is 10.9. The van der Waals surface area contributed by atoms with E-state index >= 15 is 0 Å². The lowest BCUT2D eigenvalue weighted by atomic mass is 9.83. The first-order valence-corrected chi connectivity index (χ1v) is 12.5. The SMILES string of the molecule is COc1cccc(N2CCN3c4ccccc4C[C@@H](C(=O)NCCCN4CCOCC4)[C@H]3C2)c1. The van der Waals surface area contributed by atoms with Crippen LogP contribution in [-0.4, -0.2) is 83.0 Å². The number of ether oxygens (including phenoxy) is 2. The molecule has 0 unspecified atom stereocenters. The number of hydrogen-bond donors (Lipinski definition) is 1. The van der Waals surface area contributed by atoms with Gasteiger partial charge in [0.05, 0.1) is 32.3 Å². The van der Waals surface area contributed by atoms with E-state index in [2.05, 4.69) is 56.4 Å². The lowest BCUT2D eigenvalue weighted by Crippen LogP contribution is -2.61. The first-order chi connectivity index (χ1) is 16.7. The Bertz CT molecular complexity index is 978. The lowest BCUT2D eigenvalue weighted by molar-refractivity contribution is -0.125. The predicted molar refractivity (Wildman–Crippen MR) is 135 cm³/mol. The Morgan fingerprint density at radius 3 is 2.79 bits per heavy atom. The van der Waals surface area contributed by atoms with Crippen molar-refractivity contribution in [3.8, 4) is 5.75 Å². The summed E-state index contributed by atoms with van der Waals surface area (Å²) in [4.78, 5) is 20.7. The monoisotopic (exact) mass is 464 g/mol. The van der Waals surface area contributed by atoms with Crippen molar-refractivity contribution in [1.82, 2.24) is 10.2 Å². The summed E-state index contributed by atoms with van der Waals surface area (Å²) in [5.74, 6) is 0.981. The number of carbonyl (C=O) groups is 1. The van der Waals surface area contributed by atoms with Crippen LogP contribution < -0.4 is 19.9 Å². The molecule has 0 aliphatic carbocycles. The molecular formula is C27H36N4O3. The largest absolute Gasteiger partial charge is 0.497 e. The minimum absolute atomic E-state index is 0.0632. The van der Waals surface area contributed by atoms with Crippen molar-refractivity contribution < 1.29 is 14.3 Å². The average molecular weight is 465 g/mol. The van der Waals surface area contributed by atoms with Crippen LogP contribution in [0.1, 0.15) is 12.0 Å². The standard InChI is InChI=1S/C27H36N4O3/c1-33-23-8-4-7-22(19-23)30-12-13-31-25-9-3-2-6-21(25)18-24(26(31)20-30)27(32)28-10-5-11-29-14-16-34-17-15-29/h2-4,6-9,19,24,26H,5,10-18,20H2,1H3,(H,28,32)/t24-,26-/m1/s1. The van der Waals surface area contributed by atoms with Gasteiger partial charge in [-0.2, -0.15) is 0 Å². The third-order valence-corrected chi connectivity index (χ3v) is 7.43. The molecule has 0 bridgehead atoms. The Morgan fingerprint density at radius 1 is 1.09 bits per heavy atom. The number of hydrogen-bond acceptors (Lipinski definition) is 6. The summed E-state index contributed by atoms with van der Waals surface area (Å²) in [6.07, 6.45) is 1.76. The Balaban J connectivity index is 1.27. The molecule has 3 aliphatic rings. The van der Waals surface area contributed by atoms with E-state index in [4.69, 9.17) is 9.47 Å². The number of morpholine rings is 1. The van der Waals surface area contributed by atoms with E-state index in [1.165, 1.54) is 11.3 Å². The lowest BCUT2D eigenvalue weighted by Gasteiger charge is -2.49. The van der Waals surface area contributed by atoms with Crippen molar-refractivity contribution in [3.05, 3.63) is 54.1 Å². The van der Waals surface area contributed by atoms with Crippen LogP contribution in [0.25, 0.3) is 0 Å². The second kappa shape index (κ2) is 10.7. The molecule has 7 nitrogen and oxygen atoms in total. The van der Waals surface area contributed by atoms with Gasteiger partial charge in [0.25, 0.3) is 0 Å². The Morgan fingerprint density at radius 2 is 1.94 bits per heavy atom. The van der Waals surface area contributed by atoms with Gasteiger partial charge < -0.3 is 24.6 Å². The molecule has 2 atom stereocenters. The number of carbonyl (C=O) groups excluding carboxylic acids is 1. The van der Waals surface area contributed by atoms with Crippen molar-refractivity contribution in [2.75, 3.05) is 75.9 Å².